The molecule has 0 radical (unpaired) electrons. The van der Waals surface area contributed by atoms with Crippen LogP contribution in [-0.4, -0.2) is 34.7 Å². The van der Waals surface area contributed by atoms with E-state index in [1.807, 2.05) is 12.4 Å². The van der Waals surface area contributed by atoms with Gasteiger partial charge >= 0.3 is 0 Å². The fraction of sp³-hybridized carbons (Fsp3) is 0.625. The summed E-state index contributed by atoms with van der Waals surface area (Å²) in [4.78, 5) is 6.22. The van der Waals surface area contributed by atoms with E-state index in [1.54, 1.807) is 24.5 Å². The van der Waals surface area contributed by atoms with Crippen LogP contribution in [0.25, 0.3) is 0 Å². The molecule has 0 fully saturated rings. The molecule has 12 heavy (non-hydrogen) atoms. The maximum Gasteiger partial charge on any atom is 0.107 e. The van der Waals surface area contributed by atoms with Gasteiger partial charge in [-0.3, -0.25) is 4.90 Å². The van der Waals surface area contributed by atoms with Crippen molar-refractivity contribution in [2.24, 2.45) is 0 Å². The zero-order valence-electron chi connectivity index (χ0n) is 7.40. The van der Waals surface area contributed by atoms with Gasteiger partial charge in [0.1, 0.15) is 5.01 Å². The lowest BCUT2D eigenvalue weighted by Crippen LogP contribution is -2.26. The molecule has 1 aromatic rings. The van der Waals surface area contributed by atoms with Gasteiger partial charge in [0, 0.05) is 18.1 Å². The minimum Gasteiger partial charge on any atom is -0.392 e. The van der Waals surface area contributed by atoms with E-state index in [0.29, 0.717) is 6.54 Å². The Hall–Kier alpha value is -0.450. The number of likely N-dealkylation sites (N-methyl/N-ethyl adjacent to an activating group) is 1. The summed E-state index contributed by atoms with van der Waals surface area (Å²) in [6, 6.07) is 0. The van der Waals surface area contributed by atoms with Crippen molar-refractivity contribution in [1.82, 2.24) is 9.88 Å². The predicted octanol–water partition coefficient (Wildman–Crippen LogP) is 0.956. The van der Waals surface area contributed by atoms with E-state index in [4.69, 9.17) is 5.11 Å². The Kier molecular flexibility index (Phi) is 3.65. The average molecular weight is 186 g/mol. The van der Waals surface area contributed by atoms with Crippen molar-refractivity contribution in [1.29, 1.82) is 0 Å². The zero-order valence-corrected chi connectivity index (χ0v) is 8.21. The second-order valence-electron chi connectivity index (χ2n) is 2.97. The number of rotatable bonds is 4. The molecule has 0 aliphatic heterocycles. The first-order valence-corrected chi connectivity index (χ1v) is 4.81. The number of hydrogen-bond acceptors (Lipinski definition) is 4. The third-order valence-corrected chi connectivity index (χ3v) is 2.23. The number of hydrogen-bond donors (Lipinski definition) is 1. The summed E-state index contributed by atoms with van der Waals surface area (Å²) in [5.74, 6) is 0. The minimum absolute atomic E-state index is 0.269. The van der Waals surface area contributed by atoms with E-state index in [0.717, 1.165) is 11.6 Å². The van der Waals surface area contributed by atoms with Crippen LogP contribution in [0.4, 0.5) is 0 Å². The van der Waals surface area contributed by atoms with Gasteiger partial charge in [-0.1, -0.05) is 0 Å². The van der Waals surface area contributed by atoms with E-state index in [9.17, 15) is 0 Å². The van der Waals surface area contributed by atoms with Crippen molar-refractivity contribution in [2.75, 3.05) is 13.6 Å². The Morgan fingerprint density at radius 1 is 1.75 bits per heavy atom. The second kappa shape index (κ2) is 4.54. The maximum atomic E-state index is 9.09. The monoisotopic (exact) mass is 186 g/mol. The van der Waals surface area contributed by atoms with Gasteiger partial charge in [0.15, 0.2) is 0 Å². The van der Waals surface area contributed by atoms with Crippen molar-refractivity contribution in [2.45, 2.75) is 19.6 Å². The Labute approximate surface area is 76.7 Å². The van der Waals surface area contributed by atoms with E-state index in [1.165, 1.54) is 0 Å². The molecule has 0 spiro atoms. The number of thiazole rings is 1. The molecule has 1 atom stereocenters. The first kappa shape index (κ1) is 9.64. The quantitative estimate of drug-likeness (QED) is 0.760. The molecule has 1 aromatic heterocycles. The highest BCUT2D eigenvalue weighted by molar-refractivity contribution is 7.09. The molecule has 1 N–H and O–H groups in total. The van der Waals surface area contributed by atoms with E-state index in [2.05, 4.69) is 9.88 Å². The second-order valence-corrected chi connectivity index (χ2v) is 3.95. The minimum atomic E-state index is -0.269. The van der Waals surface area contributed by atoms with Crippen LogP contribution in [0.2, 0.25) is 0 Å². The van der Waals surface area contributed by atoms with E-state index >= 15 is 0 Å². The van der Waals surface area contributed by atoms with Crippen molar-refractivity contribution >= 4 is 11.3 Å². The predicted molar refractivity (Wildman–Crippen MR) is 50.1 cm³/mol. The normalized spacial score (nSPS) is 13.7. The van der Waals surface area contributed by atoms with Crippen LogP contribution in [0.1, 0.15) is 11.9 Å². The van der Waals surface area contributed by atoms with Gasteiger partial charge < -0.3 is 5.11 Å². The smallest absolute Gasteiger partial charge is 0.107 e. The van der Waals surface area contributed by atoms with E-state index in [-0.39, 0.29) is 6.10 Å². The number of aliphatic hydroxyl groups is 1. The summed E-state index contributed by atoms with van der Waals surface area (Å²) in [5, 5.41) is 12.2. The Morgan fingerprint density at radius 2 is 2.50 bits per heavy atom. The zero-order chi connectivity index (χ0) is 8.97. The first-order valence-electron chi connectivity index (χ1n) is 3.93. The molecule has 68 valence electrons. The molecule has 4 heteroatoms. The molecule has 1 rings (SSSR count). The first-order chi connectivity index (χ1) is 5.68. The topological polar surface area (TPSA) is 36.4 Å². The summed E-state index contributed by atoms with van der Waals surface area (Å²) in [5.41, 5.74) is 0. The van der Waals surface area contributed by atoms with E-state index < -0.39 is 0 Å². The molecule has 0 aliphatic carbocycles. The van der Waals surface area contributed by atoms with Crippen LogP contribution < -0.4 is 0 Å². The number of aromatic nitrogens is 1. The summed E-state index contributed by atoms with van der Waals surface area (Å²) >= 11 is 1.64. The van der Waals surface area contributed by atoms with Gasteiger partial charge in [0.2, 0.25) is 0 Å². The molecule has 0 saturated carbocycles. The van der Waals surface area contributed by atoms with Crippen LogP contribution >= 0.6 is 11.3 Å². The Balaban J connectivity index is 2.32. The molecule has 1 heterocycles. The third-order valence-electron chi connectivity index (χ3n) is 1.46. The van der Waals surface area contributed by atoms with Crippen molar-refractivity contribution in [3.05, 3.63) is 16.6 Å². The van der Waals surface area contributed by atoms with Gasteiger partial charge in [-0.15, -0.1) is 11.3 Å². The molecular formula is C8H14N2OS. The molecule has 0 aliphatic rings. The van der Waals surface area contributed by atoms with Gasteiger partial charge in [0.05, 0.1) is 12.6 Å². The lowest BCUT2D eigenvalue weighted by molar-refractivity contribution is 0.138. The molecule has 0 bridgehead atoms. The summed E-state index contributed by atoms with van der Waals surface area (Å²) in [7, 11) is 1.98. The van der Waals surface area contributed by atoms with Crippen LogP contribution in [0, 0.1) is 0 Å². The highest BCUT2D eigenvalue weighted by Crippen LogP contribution is 2.06. The highest BCUT2D eigenvalue weighted by Gasteiger charge is 2.04. The van der Waals surface area contributed by atoms with Crippen molar-refractivity contribution in [3.8, 4) is 0 Å². The molecule has 0 amide bonds. The van der Waals surface area contributed by atoms with Crippen LogP contribution in [0.3, 0.4) is 0 Å². The molecule has 0 aromatic carbocycles. The van der Waals surface area contributed by atoms with Gasteiger partial charge in [-0.05, 0) is 14.0 Å². The fourth-order valence-corrected chi connectivity index (χ4v) is 1.77. The molecule has 0 saturated heterocycles. The number of nitrogens with zero attached hydrogens (tertiary/aromatic N) is 2. The summed E-state index contributed by atoms with van der Waals surface area (Å²) in [6.07, 6.45) is 1.53. The van der Waals surface area contributed by atoms with Gasteiger partial charge in [0.25, 0.3) is 0 Å². The van der Waals surface area contributed by atoms with Crippen LogP contribution in [0.15, 0.2) is 11.6 Å². The highest BCUT2D eigenvalue weighted by atomic mass is 32.1. The Morgan fingerprint density at radius 3 is 3.00 bits per heavy atom. The standard InChI is InChI=1S/C8H14N2OS/c1-7(11)5-10(2)6-8-9-3-4-12-8/h3-4,7,11H,5-6H2,1-2H3. The van der Waals surface area contributed by atoms with Gasteiger partial charge in [-0.25, -0.2) is 4.98 Å². The van der Waals surface area contributed by atoms with Gasteiger partial charge in [-0.2, -0.15) is 0 Å². The fourth-order valence-electron chi connectivity index (χ4n) is 1.08. The van der Waals surface area contributed by atoms with Crippen LogP contribution in [-0.2, 0) is 6.54 Å². The lowest BCUT2D eigenvalue weighted by atomic mass is 10.4. The average Bonchev–Trinajstić information content (AvgIpc) is 2.37. The maximum absolute atomic E-state index is 9.09. The SMILES string of the molecule is CC(O)CN(C)Cc1nccs1. The Bertz CT molecular complexity index is 211. The number of aliphatic hydroxyl groups excluding tert-OH is 1. The van der Waals surface area contributed by atoms with Crippen molar-refractivity contribution in [3.63, 3.8) is 0 Å². The summed E-state index contributed by atoms with van der Waals surface area (Å²) < 4.78 is 0. The summed E-state index contributed by atoms with van der Waals surface area (Å²) in [6.45, 7) is 3.31. The molecule has 1 unspecified atom stereocenters. The molecule has 3 nitrogen and oxygen atoms in total. The van der Waals surface area contributed by atoms with Crippen molar-refractivity contribution < 1.29 is 5.11 Å². The third kappa shape index (κ3) is 3.30. The lowest BCUT2D eigenvalue weighted by Gasteiger charge is -2.16. The largest absolute Gasteiger partial charge is 0.392 e. The molecular weight excluding hydrogens is 172 g/mol. The van der Waals surface area contributed by atoms with Crippen LogP contribution in [0.5, 0.6) is 0 Å².